The fourth-order valence-corrected chi connectivity index (χ4v) is 4.85. The zero-order valence-electron chi connectivity index (χ0n) is 20.4. The Morgan fingerprint density at radius 2 is 1.71 bits per heavy atom. The summed E-state index contributed by atoms with van der Waals surface area (Å²) in [6.07, 6.45) is 5.18. The molecule has 0 aromatic heterocycles. The second-order valence-electron chi connectivity index (χ2n) is 9.69. The molecule has 1 spiro atoms. The van der Waals surface area contributed by atoms with Gasteiger partial charge in [-0.15, -0.1) is 0 Å². The van der Waals surface area contributed by atoms with Crippen LogP contribution in [0.25, 0.3) is 0 Å². The van der Waals surface area contributed by atoms with Crippen molar-refractivity contribution in [1.29, 1.82) is 0 Å². The highest BCUT2D eigenvalue weighted by atomic mass is 16.5. The Balaban J connectivity index is 1.37. The lowest BCUT2D eigenvalue weighted by molar-refractivity contribution is -0.136. The van der Waals surface area contributed by atoms with Crippen LogP contribution in [0.15, 0.2) is 54.6 Å². The van der Waals surface area contributed by atoms with Gasteiger partial charge in [-0.2, -0.15) is 0 Å². The molecule has 34 heavy (non-hydrogen) atoms. The van der Waals surface area contributed by atoms with Gasteiger partial charge in [0.2, 0.25) is 0 Å². The molecule has 0 radical (unpaired) electrons. The number of carbonyl (C=O) groups excluding carboxylic acids is 1. The maximum Gasteiger partial charge on any atom is 0.260 e. The molecule has 0 N–H and O–H groups in total. The zero-order valence-corrected chi connectivity index (χ0v) is 20.4. The Hall–Kier alpha value is -2.57. The average Bonchev–Trinajstić information content (AvgIpc) is 2.87. The van der Waals surface area contributed by atoms with Crippen molar-refractivity contribution in [2.75, 3.05) is 53.1 Å². The smallest absolute Gasteiger partial charge is 0.260 e. The van der Waals surface area contributed by atoms with Crippen molar-refractivity contribution >= 4 is 5.91 Å². The van der Waals surface area contributed by atoms with Crippen LogP contribution in [-0.4, -0.2) is 68.8 Å². The lowest BCUT2D eigenvalue weighted by Gasteiger charge is -2.42. The fraction of sp³-hybridized carbons (Fsp3) is 0.536. The normalized spacial score (nSPS) is 20.1. The van der Waals surface area contributed by atoms with Gasteiger partial charge in [-0.3, -0.25) is 9.69 Å². The second kappa shape index (κ2) is 12.2. The molecule has 1 saturated heterocycles. The minimum absolute atomic E-state index is 0.0577. The third kappa shape index (κ3) is 6.97. The molecule has 0 atom stereocenters. The van der Waals surface area contributed by atoms with Crippen molar-refractivity contribution < 1.29 is 19.0 Å². The molecule has 0 bridgehead atoms. The van der Waals surface area contributed by atoms with Gasteiger partial charge in [0.15, 0.2) is 6.61 Å². The molecule has 2 aliphatic rings. The minimum atomic E-state index is 0.0577. The zero-order chi connectivity index (χ0) is 23.6. The Labute approximate surface area is 203 Å². The first-order valence-corrected chi connectivity index (χ1v) is 12.6. The molecule has 1 amide bonds. The van der Waals surface area contributed by atoms with Crippen molar-refractivity contribution in [3.63, 3.8) is 0 Å². The lowest BCUT2D eigenvalue weighted by Crippen LogP contribution is -2.47. The number of para-hydroxylation sites is 2. The maximum absolute atomic E-state index is 12.8. The van der Waals surface area contributed by atoms with E-state index in [2.05, 4.69) is 30.1 Å². The summed E-state index contributed by atoms with van der Waals surface area (Å²) in [6.45, 7) is 5.60. The van der Waals surface area contributed by atoms with Crippen molar-refractivity contribution in [3.8, 4) is 11.5 Å². The quantitative estimate of drug-likeness (QED) is 0.672. The van der Waals surface area contributed by atoms with Crippen LogP contribution in [0.1, 0.15) is 37.7 Å². The van der Waals surface area contributed by atoms with Gasteiger partial charge in [-0.05, 0) is 50.9 Å². The van der Waals surface area contributed by atoms with Crippen molar-refractivity contribution in [2.24, 2.45) is 5.41 Å². The van der Waals surface area contributed by atoms with Crippen LogP contribution in [0.5, 0.6) is 11.5 Å². The van der Waals surface area contributed by atoms with E-state index in [1.165, 1.54) is 5.56 Å². The first-order valence-electron chi connectivity index (χ1n) is 12.6. The van der Waals surface area contributed by atoms with Crippen LogP contribution in [-0.2, 0) is 16.1 Å². The Morgan fingerprint density at radius 3 is 2.53 bits per heavy atom. The van der Waals surface area contributed by atoms with Gasteiger partial charge in [-0.25, -0.2) is 0 Å². The summed E-state index contributed by atoms with van der Waals surface area (Å²) in [7, 11) is 2.13. The summed E-state index contributed by atoms with van der Waals surface area (Å²) >= 11 is 0. The van der Waals surface area contributed by atoms with E-state index in [1.54, 1.807) is 0 Å². The number of likely N-dealkylation sites (N-methyl/N-ethyl adjacent to an activating group) is 1. The first kappa shape index (κ1) is 24.6. The van der Waals surface area contributed by atoms with Gasteiger partial charge >= 0.3 is 0 Å². The molecule has 1 fully saturated rings. The first-order chi connectivity index (χ1) is 16.6. The summed E-state index contributed by atoms with van der Waals surface area (Å²) in [5.41, 5.74) is 1.29. The summed E-state index contributed by atoms with van der Waals surface area (Å²) in [6, 6.07) is 17.9. The number of carbonyl (C=O) groups is 1. The highest BCUT2D eigenvalue weighted by Crippen LogP contribution is 2.38. The number of nitrogens with zero attached hydrogens (tertiary/aromatic N) is 2. The minimum Gasteiger partial charge on any atom is -0.493 e. The van der Waals surface area contributed by atoms with E-state index in [4.69, 9.17) is 14.2 Å². The maximum atomic E-state index is 12.8. The molecular weight excluding hydrogens is 428 g/mol. The van der Waals surface area contributed by atoms with E-state index in [9.17, 15) is 4.79 Å². The summed E-state index contributed by atoms with van der Waals surface area (Å²) in [4.78, 5) is 17.0. The van der Waals surface area contributed by atoms with Crippen LogP contribution < -0.4 is 9.47 Å². The highest BCUT2D eigenvalue weighted by Gasteiger charge is 2.36. The van der Waals surface area contributed by atoms with Crippen LogP contribution in [0, 0.1) is 5.41 Å². The standard InChI is InChI=1S/C28H38N2O4/c1-29-18-20-32-19-8-7-13-28(23-34-26-12-6-5-9-24(26)21-29)14-16-30(17-15-28)27(31)22-33-25-10-3-2-4-11-25/h2-6,9-12H,7-8,13-23H2,1H3. The van der Waals surface area contributed by atoms with Crippen LogP contribution in [0.4, 0.5) is 0 Å². The highest BCUT2D eigenvalue weighted by molar-refractivity contribution is 5.77. The van der Waals surface area contributed by atoms with Gasteiger partial charge < -0.3 is 19.1 Å². The SMILES string of the molecule is CN1CCOCCCCC2(CCN(C(=O)COc3ccccc3)CC2)COc2ccccc2C1. The van der Waals surface area contributed by atoms with E-state index in [1.807, 2.05) is 41.3 Å². The number of likely N-dealkylation sites (tertiary alicyclic amines) is 1. The molecule has 0 unspecified atom stereocenters. The molecule has 2 aromatic carbocycles. The van der Waals surface area contributed by atoms with E-state index >= 15 is 0 Å². The van der Waals surface area contributed by atoms with Crippen molar-refractivity contribution in [2.45, 2.75) is 38.6 Å². The molecular formula is C28H38N2O4. The lowest BCUT2D eigenvalue weighted by atomic mass is 9.75. The topological polar surface area (TPSA) is 51.2 Å². The number of rotatable bonds is 3. The predicted molar refractivity (Wildman–Crippen MR) is 133 cm³/mol. The average molecular weight is 467 g/mol. The van der Waals surface area contributed by atoms with Crippen molar-refractivity contribution in [1.82, 2.24) is 9.80 Å². The van der Waals surface area contributed by atoms with Gasteiger partial charge in [0.05, 0.1) is 13.2 Å². The largest absolute Gasteiger partial charge is 0.493 e. The Morgan fingerprint density at radius 1 is 0.941 bits per heavy atom. The second-order valence-corrected chi connectivity index (χ2v) is 9.69. The molecule has 2 aliphatic heterocycles. The van der Waals surface area contributed by atoms with Crippen LogP contribution in [0.2, 0.25) is 0 Å². The van der Waals surface area contributed by atoms with Crippen LogP contribution in [0.3, 0.4) is 0 Å². The van der Waals surface area contributed by atoms with Gasteiger partial charge in [0, 0.05) is 43.8 Å². The van der Waals surface area contributed by atoms with E-state index < -0.39 is 0 Å². The molecule has 184 valence electrons. The van der Waals surface area contributed by atoms with E-state index in [0.29, 0.717) is 6.61 Å². The van der Waals surface area contributed by atoms with E-state index in [0.717, 1.165) is 83.0 Å². The number of piperidine rings is 1. The monoisotopic (exact) mass is 466 g/mol. The Kier molecular flexibility index (Phi) is 8.83. The summed E-state index contributed by atoms with van der Waals surface area (Å²) in [5, 5.41) is 0. The molecule has 2 aromatic rings. The molecule has 4 rings (SSSR count). The number of ether oxygens (including phenoxy) is 3. The number of hydrogen-bond donors (Lipinski definition) is 0. The number of hydrogen-bond acceptors (Lipinski definition) is 5. The molecule has 2 heterocycles. The predicted octanol–water partition coefficient (Wildman–Crippen LogP) is 4.39. The van der Waals surface area contributed by atoms with Gasteiger partial charge in [-0.1, -0.05) is 42.8 Å². The number of benzene rings is 2. The summed E-state index contributed by atoms with van der Waals surface area (Å²) < 4.78 is 18.1. The third-order valence-electron chi connectivity index (χ3n) is 7.09. The molecule has 0 aliphatic carbocycles. The summed E-state index contributed by atoms with van der Waals surface area (Å²) in [5.74, 6) is 1.76. The number of amides is 1. The van der Waals surface area contributed by atoms with Gasteiger partial charge in [0.25, 0.3) is 5.91 Å². The van der Waals surface area contributed by atoms with Gasteiger partial charge in [0.1, 0.15) is 11.5 Å². The van der Waals surface area contributed by atoms with Crippen molar-refractivity contribution in [3.05, 3.63) is 60.2 Å². The van der Waals surface area contributed by atoms with Crippen LogP contribution >= 0.6 is 0 Å². The number of fused-ring (bicyclic) bond motifs is 1. The fourth-order valence-electron chi connectivity index (χ4n) is 4.85. The molecule has 0 saturated carbocycles. The Bertz CT molecular complexity index is 896. The van der Waals surface area contributed by atoms with E-state index in [-0.39, 0.29) is 17.9 Å². The third-order valence-corrected chi connectivity index (χ3v) is 7.09. The molecule has 6 nitrogen and oxygen atoms in total. The molecule has 6 heteroatoms.